The van der Waals surface area contributed by atoms with Crippen LogP contribution < -0.4 is 5.32 Å². The molecule has 0 bridgehead atoms. The molecule has 0 aliphatic heterocycles. The first kappa shape index (κ1) is 14.3. The van der Waals surface area contributed by atoms with Gasteiger partial charge >= 0.3 is 0 Å². The highest BCUT2D eigenvalue weighted by Crippen LogP contribution is 2.35. The number of amides is 1. The van der Waals surface area contributed by atoms with Gasteiger partial charge in [-0.2, -0.15) is 11.3 Å². The minimum Gasteiger partial charge on any atom is -0.387 e. The van der Waals surface area contributed by atoms with E-state index in [0.717, 1.165) is 18.4 Å². The van der Waals surface area contributed by atoms with Gasteiger partial charge in [0.15, 0.2) is 0 Å². The largest absolute Gasteiger partial charge is 0.387 e. The van der Waals surface area contributed by atoms with Crippen molar-refractivity contribution in [3.63, 3.8) is 0 Å². The highest BCUT2D eigenvalue weighted by molar-refractivity contribution is 7.07. The zero-order valence-corrected chi connectivity index (χ0v) is 12.6. The maximum absolute atomic E-state index is 12.1. The summed E-state index contributed by atoms with van der Waals surface area (Å²) in [6, 6.07) is 10.2. The number of hydrogen-bond acceptors (Lipinski definition) is 3. The van der Waals surface area contributed by atoms with E-state index < -0.39 is 6.10 Å². The molecule has 2 aromatic rings. The van der Waals surface area contributed by atoms with Gasteiger partial charge in [0.1, 0.15) is 0 Å². The average molecular weight is 301 g/mol. The van der Waals surface area contributed by atoms with Crippen molar-refractivity contribution in [2.24, 2.45) is 0 Å². The van der Waals surface area contributed by atoms with E-state index in [4.69, 9.17) is 0 Å². The van der Waals surface area contributed by atoms with Crippen molar-refractivity contribution < 1.29 is 9.90 Å². The molecule has 1 aliphatic carbocycles. The second kappa shape index (κ2) is 6.41. The number of fused-ring (bicyclic) bond motifs is 1. The van der Waals surface area contributed by atoms with Crippen molar-refractivity contribution in [1.29, 1.82) is 0 Å². The van der Waals surface area contributed by atoms with E-state index in [0.29, 0.717) is 12.3 Å². The zero-order valence-electron chi connectivity index (χ0n) is 11.8. The fourth-order valence-electron chi connectivity index (χ4n) is 2.95. The van der Waals surface area contributed by atoms with Gasteiger partial charge in [-0.1, -0.05) is 24.3 Å². The Hall–Kier alpha value is -1.65. The van der Waals surface area contributed by atoms with Crippen LogP contribution in [0.3, 0.4) is 0 Å². The normalized spacial score (nSPS) is 18.2. The van der Waals surface area contributed by atoms with Gasteiger partial charge in [-0.25, -0.2) is 0 Å². The molecular weight excluding hydrogens is 282 g/mol. The maximum atomic E-state index is 12.1. The van der Waals surface area contributed by atoms with E-state index in [-0.39, 0.29) is 12.5 Å². The van der Waals surface area contributed by atoms with Crippen LogP contribution in [-0.2, 0) is 11.2 Å². The number of hydrogen-bond donors (Lipinski definition) is 2. The molecule has 110 valence electrons. The number of carbonyl (C=O) groups excluding carboxylic acids is 1. The van der Waals surface area contributed by atoms with Crippen molar-refractivity contribution in [2.45, 2.75) is 31.3 Å². The van der Waals surface area contributed by atoms with Gasteiger partial charge in [0.25, 0.3) is 0 Å². The van der Waals surface area contributed by atoms with Crippen LogP contribution in [0.25, 0.3) is 0 Å². The molecule has 3 rings (SSSR count). The molecule has 1 aromatic heterocycles. The molecule has 1 aromatic carbocycles. The molecule has 21 heavy (non-hydrogen) atoms. The summed E-state index contributed by atoms with van der Waals surface area (Å²) in [4.78, 5) is 12.1. The van der Waals surface area contributed by atoms with E-state index in [2.05, 4.69) is 23.5 Å². The van der Waals surface area contributed by atoms with Crippen LogP contribution in [-0.4, -0.2) is 17.6 Å². The van der Waals surface area contributed by atoms with Gasteiger partial charge in [0.05, 0.1) is 6.10 Å². The molecule has 1 heterocycles. The van der Waals surface area contributed by atoms with Gasteiger partial charge in [-0.3, -0.25) is 4.79 Å². The van der Waals surface area contributed by atoms with E-state index in [9.17, 15) is 9.90 Å². The standard InChI is InChI=1S/C17H19NO2S/c19-16(14-7-8-21-11-14)10-18-17(20)9-13-6-5-12-3-1-2-4-15(12)13/h1-4,7-8,11,13,16,19H,5-6,9-10H2,(H,18,20). The number of thiophene rings is 1. The molecule has 0 fully saturated rings. The Kier molecular flexibility index (Phi) is 4.36. The van der Waals surface area contributed by atoms with Crippen molar-refractivity contribution in [3.05, 3.63) is 57.8 Å². The van der Waals surface area contributed by atoms with Crippen LogP contribution in [0, 0.1) is 0 Å². The number of carbonyl (C=O) groups is 1. The highest BCUT2D eigenvalue weighted by atomic mass is 32.1. The number of aryl methyl sites for hydroxylation is 1. The lowest BCUT2D eigenvalue weighted by Crippen LogP contribution is -2.29. The third-order valence-electron chi connectivity index (χ3n) is 4.11. The number of nitrogens with one attached hydrogen (secondary N) is 1. The van der Waals surface area contributed by atoms with Crippen LogP contribution in [0.1, 0.15) is 41.6 Å². The summed E-state index contributed by atoms with van der Waals surface area (Å²) in [6.07, 6.45) is 2.00. The fraction of sp³-hybridized carbons (Fsp3) is 0.353. The summed E-state index contributed by atoms with van der Waals surface area (Å²) < 4.78 is 0. The van der Waals surface area contributed by atoms with Crippen LogP contribution in [0.2, 0.25) is 0 Å². The number of aliphatic hydroxyl groups excluding tert-OH is 1. The van der Waals surface area contributed by atoms with Gasteiger partial charge in [-0.05, 0) is 52.3 Å². The molecule has 0 radical (unpaired) electrons. The summed E-state index contributed by atoms with van der Waals surface area (Å²) in [7, 11) is 0. The Labute approximate surface area is 128 Å². The molecular formula is C17H19NO2S. The van der Waals surface area contributed by atoms with Crippen molar-refractivity contribution in [2.75, 3.05) is 6.54 Å². The van der Waals surface area contributed by atoms with E-state index in [1.807, 2.05) is 22.9 Å². The minimum absolute atomic E-state index is 0.0194. The van der Waals surface area contributed by atoms with Gasteiger partial charge in [0.2, 0.25) is 5.91 Å². The molecule has 1 aliphatic rings. The van der Waals surface area contributed by atoms with E-state index >= 15 is 0 Å². The average Bonchev–Trinajstić information content (AvgIpc) is 3.15. The first-order valence-corrected chi connectivity index (χ1v) is 8.23. The molecule has 2 atom stereocenters. The smallest absolute Gasteiger partial charge is 0.220 e. The third kappa shape index (κ3) is 3.34. The topological polar surface area (TPSA) is 49.3 Å². The summed E-state index contributed by atoms with van der Waals surface area (Å²) in [5, 5.41) is 16.6. The Morgan fingerprint density at radius 3 is 3.05 bits per heavy atom. The van der Waals surface area contributed by atoms with Gasteiger partial charge in [0, 0.05) is 13.0 Å². The SMILES string of the molecule is O=C(CC1CCc2ccccc21)NCC(O)c1ccsc1. The molecule has 2 unspecified atom stereocenters. The maximum Gasteiger partial charge on any atom is 0.220 e. The molecule has 2 N–H and O–H groups in total. The molecule has 0 saturated carbocycles. The minimum atomic E-state index is -0.615. The quantitative estimate of drug-likeness (QED) is 0.892. The second-order valence-corrected chi connectivity index (χ2v) is 6.30. The monoisotopic (exact) mass is 301 g/mol. The van der Waals surface area contributed by atoms with Gasteiger partial charge < -0.3 is 10.4 Å². The predicted molar refractivity (Wildman–Crippen MR) is 84.4 cm³/mol. The lowest BCUT2D eigenvalue weighted by molar-refractivity contribution is -0.121. The molecule has 4 heteroatoms. The number of benzene rings is 1. The van der Waals surface area contributed by atoms with Crippen LogP contribution in [0.4, 0.5) is 0 Å². The first-order valence-electron chi connectivity index (χ1n) is 7.28. The summed E-state index contributed by atoms with van der Waals surface area (Å²) in [6.45, 7) is 0.282. The number of aliphatic hydroxyl groups is 1. The van der Waals surface area contributed by atoms with E-state index in [1.54, 1.807) is 11.3 Å². The van der Waals surface area contributed by atoms with Crippen molar-refractivity contribution in [3.8, 4) is 0 Å². The lowest BCUT2D eigenvalue weighted by Gasteiger charge is -2.14. The zero-order chi connectivity index (χ0) is 14.7. The van der Waals surface area contributed by atoms with Crippen LogP contribution in [0.15, 0.2) is 41.1 Å². The molecule has 0 saturated heterocycles. The van der Waals surface area contributed by atoms with Crippen LogP contribution in [0.5, 0.6) is 0 Å². The molecule has 0 spiro atoms. The fourth-order valence-corrected chi connectivity index (χ4v) is 3.65. The molecule has 1 amide bonds. The Bertz CT molecular complexity index is 609. The predicted octanol–water partition coefficient (Wildman–Crippen LogP) is 3.02. The number of rotatable bonds is 5. The Morgan fingerprint density at radius 1 is 1.38 bits per heavy atom. The summed E-state index contributed by atoms with van der Waals surface area (Å²) in [5.74, 6) is 0.338. The third-order valence-corrected chi connectivity index (χ3v) is 4.81. The van der Waals surface area contributed by atoms with Crippen molar-refractivity contribution in [1.82, 2.24) is 5.32 Å². The Balaban J connectivity index is 1.51. The summed E-state index contributed by atoms with van der Waals surface area (Å²) in [5.41, 5.74) is 3.55. The first-order chi connectivity index (χ1) is 10.2. The second-order valence-electron chi connectivity index (χ2n) is 5.52. The van der Waals surface area contributed by atoms with E-state index in [1.165, 1.54) is 11.1 Å². The highest BCUT2D eigenvalue weighted by Gasteiger charge is 2.24. The summed E-state index contributed by atoms with van der Waals surface area (Å²) >= 11 is 1.55. The van der Waals surface area contributed by atoms with Crippen LogP contribution >= 0.6 is 11.3 Å². The lowest BCUT2D eigenvalue weighted by atomic mass is 9.97. The molecule has 3 nitrogen and oxygen atoms in total. The van der Waals surface area contributed by atoms with Gasteiger partial charge in [-0.15, -0.1) is 0 Å². The Morgan fingerprint density at radius 2 is 2.24 bits per heavy atom. The van der Waals surface area contributed by atoms with Crippen molar-refractivity contribution >= 4 is 17.2 Å².